The molecule has 4 aliphatic rings. The first kappa shape index (κ1) is 36.4. The first-order chi connectivity index (χ1) is 30.6. The molecule has 0 spiro atoms. The predicted molar refractivity (Wildman–Crippen MR) is 262 cm³/mol. The standard InChI is InChI=1S/C55H34B2O2S3/c1-33-16-15-23-39(34-17-5-2-6-18-34)50(33)36-28-47-53-48(29-36)61-55-43(57(53)41-25-12-14-27-46(41)60-47)32-42-54(51(55)35-19-7-3-8-20-35)62-49-31-38(58-37-21-9-4-10-22-37)30-45-52(49)56(42)40-24-11-13-26-44(40)59-45/h2-32H,1H3. The Morgan fingerprint density at radius 1 is 0.403 bits per heavy atom. The number of rotatable bonds is 5. The van der Waals surface area contributed by atoms with Gasteiger partial charge in [0, 0.05) is 41.0 Å². The summed E-state index contributed by atoms with van der Waals surface area (Å²) in [7, 11) is 0. The van der Waals surface area contributed by atoms with E-state index in [1.165, 1.54) is 96.2 Å². The molecule has 290 valence electrons. The van der Waals surface area contributed by atoms with Crippen LogP contribution in [-0.2, 0) is 0 Å². The molecule has 4 heterocycles. The van der Waals surface area contributed by atoms with Gasteiger partial charge in [0.1, 0.15) is 23.0 Å². The Morgan fingerprint density at radius 3 is 1.77 bits per heavy atom. The molecule has 13 rings (SSSR count). The summed E-state index contributed by atoms with van der Waals surface area (Å²) in [5.74, 6) is 3.32. The zero-order valence-electron chi connectivity index (χ0n) is 33.6. The minimum Gasteiger partial charge on any atom is -0.458 e. The Bertz CT molecular complexity index is 3300. The highest BCUT2D eigenvalue weighted by molar-refractivity contribution is 8.02. The van der Waals surface area contributed by atoms with Crippen LogP contribution in [0.25, 0.3) is 33.4 Å². The largest absolute Gasteiger partial charge is 0.458 e. The Kier molecular flexibility index (Phi) is 8.47. The fourth-order valence-electron chi connectivity index (χ4n) is 10.1. The third kappa shape index (κ3) is 5.72. The van der Waals surface area contributed by atoms with Crippen LogP contribution in [0, 0.1) is 6.92 Å². The van der Waals surface area contributed by atoms with Crippen molar-refractivity contribution in [3.05, 3.63) is 194 Å². The molecular formula is C55H34B2O2S3. The fourth-order valence-corrected chi connectivity index (χ4v) is 14.1. The van der Waals surface area contributed by atoms with Gasteiger partial charge in [0.05, 0.1) is 0 Å². The van der Waals surface area contributed by atoms with Crippen LogP contribution >= 0.6 is 35.3 Å². The van der Waals surface area contributed by atoms with Crippen molar-refractivity contribution in [2.24, 2.45) is 0 Å². The highest BCUT2D eigenvalue weighted by atomic mass is 32.2. The van der Waals surface area contributed by atoms with E-state index in [-0.39, 0.29) is 13.4 Å². The Hall–Kier alpha value is -6.24. The molecule has 4 aliphatic heterocycles. The second kappa shape index (κ2) is 14.4. The van der Waals surface area contributed by atoms with Crippen molar-refractivity contribution in [3.63, 3.8) is 0 Å². The van der Waals surface area contributed by atoms with E-state index >= 15 is 0 Å². The highest BCUT2D eigenvalue weighted by Crippen LogP contribution is 2.50. The molecule has 7 heteroatoms. The summed E-state index contributed by atoms with van der Waals surface area (Å²) in [5.41, 5.74) is 16.8. The number of ether oxygens (including phenoxy) is 2. The average Bonchev–Trinajstić information content (AvgIpc) is 3.31. The van der Waals surface area contributed by atoms with Crippen molar-refractivity contribution in [1.29, 1.82) is 0 Å². The van der Waals surface area contributed by atoms with Gasteiger partial charge in [0.15, 0.2) is 0 Å². The highest BCUT2D eigenvalue weighted by Gasteiger charge is 2.45. The van der Waals surface area contributed by atoms with Crippen LogP contribution in [0.15, 0.2) is 217 Å². The van der Waals surface area contributed by atoms with Crippen LogP contribution in [0.5, 0.6) is 23.0 Å². The number of benzene rings is 9. The summed E-state index contributed by atoms with van der Waals surface area (Å²) < 4.78 is 13.3. The van der Waals surface area contributed by atoms with E-state index in [4.69, 9.17) is 9.47 Å². The smallest absolute Gasteiger partial charge is 0.253 e. The normalized spacial score (nSPS) is 13.4. The maximum atomic E-state index is 6.80. The molecule has 0 fully saturated rings. The molecule has 0 aliphatic carbocycles. The SMILES string of the molecule is Cc1cccc(-c2ccccc2)c1-c1cc2c3c(c1)Sc1c(cc4c(c1-c1ccccc1)Sc1cc(Oc5ccccc5)cc5c1B4c1ccccc1O5)B3c1ccccc1S2. The van der Waals surface area contributed by atoms with Gasteiger partial charge in [-0.25, -0.2) is 0 Å². The van der Waals surface area contributed by atoms with Gasteiger partial charge in [-0.05, 0) is 99.2 Å². The molecule has 0 amide bonds. The number of hydrogen-bond donors (Lipinski definition) is 0. The van der Waals surface area contributed by atoms with Crippen molar-refractivity contribution >= 4 is 81.5 Å². The maximum Gasteiger partial charge on any atom is 0.253 e. The second-order valence-corrected chi connectivity index (χ2v) is 19.5. The van der Waals surface area contributed by atoms with Crippen molar-refractivity contribution in [2.75, 3.05) is 0 Å². The molecule has 0 bridgehead atoms. The minimum absolute atomic E-state index is 0.0151. The summed E-state index contributed by atoms with van der Waals surface area (Å²) >= 11 is 5.74. The minimum atomic E-state index is -0.0151. The Labute approximate surface area is 374 Å². The van der Waals surface area contributed by atoms with Crippen molar-refractivity contribution in [1.82, 2.24) is 0 Å². The van der Waals surface area contributed by atoms with E-state index in [0.717, 1.165) is 27.9 Å². The summed E-state index contributed by atoms with van der Waals surface area (Å²) in [6.45, 7) is 2.31. The third-order valence-electron chi connectivity index (χ3n) is 12.7. The summed E-state index contributed by atoms with van der Waals surface area (Å²) in [5, 5.41) is 0. The Balaban J connectivity index is 1.07. The molecule has 0 N–H and O–H groups in total. The van der Waals surface area contributed by atoms with Gasteiger partial charge in [-0.15, -0.1) is 0 Å². The molecule has 0 atom stereocenters. The lowest BCUT2D eigenvalue weighted by Gasteiger charge is -2.38. The average molecular weight is 845 g/mol. The van der Waals surface area contributed by atoms with Gasteiger partial charge in [-0.2, -0.15) is 0 Å². The van der Waals surface area contributed by atoms with Crippen LogP contribution in [-0.4, -0.2) is 13.4 Å². The van der Waals surface area contributed by atoms with E-state index in [0.29, 0.717) is 0 Å². The lowest BCUT2D eigenvalue weighted by atomic mass is 9.32. The van der Waals surface area contributed by atoms with Gasteiger partial charge >= 0.3 is 0 Å². The third-order valence-corrected chi connectivity index (χ3v) is 16.2. The number of para-hydroxylation sites is 2. The summed E-state index contributed by atoms with van der Waals surface area (Å²) in [4.78, 5) is 7.78. The predicted octanol–water partition coefficient (Wildman–Crippen LogP) is 11.3. The molecule has 62 heavy (non-hydrogen) atoms. The molecule has 0 saturated carbocycles. The molecule has 0 aromatic heterocycles. The molecule has 0 saturated heterocycles. The van der Waals surface area contributed by atoms with Gasteiger partial charge < -0.3 is 9.47 Å². The zero-order valence-corrected chi connectivity index (χ0v) is 36.0. The maximum absolute atomic E-state index is 6.80. The van der Waals surface area contributed by atoms with Crippen LogP contribution < -0.4 is 42.3 Å². The zero-order chi connectivity index (χ0) is 40.9. The monoisotopic (exact) mass is 844 g/mol. The fraction of sp³-hybridized carbons (Fsp3) is 0.0182. The molecule has 9 aromatic rings. The van der Waals surface area contributed by atoms with E-state index < -0.39 is 0 Å². The molecule has 0 radical (unpaired) electrons. The van der Waals surface area contributed by atoms with E-state index in [9.17, 15) is 0 Å². The summed E-state index contributed by atoms with van der Waals surface area (Å²) in [6.07, 6.45) is 0. The van der Waals surface area contributed by atoms with Crippen LogP contribution in [0.4, 0.5) is 0 Å². The van der Waals surface area contributed by atoms with Crippen molar-refractivity contribution < 1.29 is 9.47 Å². The molecule has 0 unspecified atom stereocenters. The van der Waals surface area contributed by atoms with Gasteiger partial charge in [0.2, 0.25) is 6.71 Å². The molecule has 9 aromatic carbocycles. The summed E-state index contributed by atoms with van der Waals surface area (Å²) in [6, 6.07) is 68.3. The van der Waals surface area contributed by atoms with Gasteiger partial charge in [-0.1, -0.05) is 191 Å². The number of hydrogen-bond acceptors (Lipinski definition) is 5. The second-order valence-electron chi connectivity index (χ2n) is 16.3. The first-order valence-corrected chi connectivity index (χ1v) is 23.5. The van der Waals surface area contributed by atoms with E-state index in [2.05, 4.69) is 165 Å². The molecule has 2 nitrogen and oxygen atoms in total. The number of fused-ring (bicyclic) bond motifs is 8. The first-order valence-electron chi connectivity index (χ1n) is 21.0. The van der Waals surface area contributed by atoms with Crippen molar-refractivity contribution in [3.8, 4) is 56.4 Å². The van der Waals surface area contributed by atoms with Gasteiger partial charge in [-0.3, -0.25) is 0 Å². The lowest BCUT2D eigenvalue weighted by molar-refractivity contribution is 0.460. The van der Waals surface area contributed by atoms with Crippen LogP contribution in [0.1, 0.15) is 5.56 Å². The van der Waals surface area contributed by atoms with Crippen LogP contribution in [0.3, 0.4) is 0 Å². The number of aryl methyl sites for hydroxylation is 1. The lowest BCUT2D eigenvalue weighted by Crippen LogP contribution is -2.62. The van der Waals surface area contributed by atoms with Crippen molar-refractivity contribution in [2.45, 2.75) is 36.3 Å². The van der Waals surface area contributed by atoms with E-state index in [1.807, 2.05) is 65.6 Å². The topological polar surface area (TPSA) is 18.5 Å². The Morgan fingerprint density at radius 2 is 1.02 bits per heavy atom. The quantitative estimate of drug-likeness (QED) is 0.160. The van der Waals surface area contributed by atoms with Crippen LogP contribution in [0.2, 0.25) is 0 Å². The molecular weight excluding hydrogens is 810 g/mol. The van der Waals surface area contributed by atoms with Gasteiger partial charge in [0.25, 0.3) is 6.71 Å². The van der Waals surface area contributed by atoms with E-state index in [1.54, 1.807) is 0 Å².